The molecule has 0 saturated carbocycles. The normalized spacial score (nSPS) is 10.8. The van der Waals surface area contributed by atoms with Crippen LogP contribution in [0.2, 0.25) is 0 Å². The zero-order chi connectivity index (χ0) is 14.9. The highest BCUT2D eigenvalue weighted by Gasteiger charge is 2.19. The lowest BCUT2D eigenvalue weighted by atomic mass is 10.3. The van der Waals surface area contributed by atoms with Gasteiger partial charge in [-0.25, -0.2) is 9.78 Å². The fraction of sp³-hybridized carbons (Fsp3) is 0.462. The van der Waals surface area contributed by atoms with Gasteiger partial charge >= 0.3 is 5.97 Å². The van der Waals surface area contributed by atoms with Gasteiger partial charge < -0.3 is 9.30 Å². The highest BCUT2D eigenvalue weighted by molar-refractivity contribution is 9.10. The molecular formula is C13H17BrN4O2. The van der Waals surface area contributed by atoms with Gasteiger partial charge in [0.1, 0.15) is 11.5 Å². The van der Waals surface area contributed by atoms with Crippen molar-refractivity contribution in [3.63, 3.8) is 0 Å². The van der Waals surface area contributed by atoms with Crippen molar-refractivity contribution in [2.45, 2.75) is 26.8 Å². The van der Waals surface area contributed by atoms with E-state index in [2.05, 4.69) is 32.9 Å². The van der Waals surface area contributed by atoms with E-state index in [4.69, 9.17) is 4.74 Å². The Morgan fingerprint density at radius 2 is 2.20 bits per heavy atom. The number of rotatable bonds is 4. The number of hydrogen-bond donors (Lipinski definition) is 0. The minimum atomic E-state index is -0.389. The number of nitrogens with zero attached hydrogens (tertiary/aromatic N) is 4. The van der Waals surface area contributed by atoms with Crippen molar-refractivity contribution in [1.82, 2.24) is 19.3 Å². The van der Waals surface area contributed by atoms with Gasteiger partial charge in [-0.05, 0) is 29.3 Å². The van der Waals surface area contributed by atoms with Crippen molar-refractivity contribution >= 4 is 21.9 Å². The van der Waals surface area contributed by atoms with E-state index in [1.165, 1.54) is 13.3 Å². The van der Waals surface area contributed by atoms with Crippen LogP contribution < -0.4 is 0 Å². The molecule has 0 radical (unpaired) electrons. The quantitative estimate of drug-likeness (QED) is 0.799. The number of carbonyl (C=O) groups is 1. The van der Waals surface area contributed by atoms with Crippen LogP contribution in [0.1, 0.15) is 34.6 Å². The molecule has 0 fully saturated rings. The van der Waals surface area contributed by atoms with Crippen LogP contribution in [-0.2, 0) is 24.8 Å². The number of aryl methyl sites for hydroxylation is 3. The van der Waals surface area contributed by atoms with E-state index in [0.717, 1.165) is 28.1 Å². The Bertz CT molecular complexity index is 645. The third-order valence-corrected chi connectivity index (χ3v) is 4.18. The minimum absolute atomic E-state index is 0.389. The van der Waals surface area contributed by atoms with Crippen LogP contribution in [0, 0.1) is 6.92 Å². The number of imidazole rings is 1. The van der Waals surface area contributed by atoms with Gasteiger partial charge in [0.05, 0.1) is 35.7 Å². The third-order valence-electron chi connectivity index (χ3n) is 3.26. The topological polar surface area (TPSA) is 61.9 Å². The SMILES string of the molecule is CCc1nn(C)c(Cn2c(C(=O)OC)cnc2C)c1Br. The average molecular weight is 341 g/mol. The van der Waals surface area contributed by atoms with Crippen LogP contribution in [-0.4, -0.2) is 32.4 Å². The molecule has 0 amide bonds. The first kappa shape index (κ1) is 14.8. The molecule has 0 unspecified atom stereocenters. The number of hydrogen-bond acceptors (Lipinski definition) is 4. The van der Waals surface area contributed by atoms with Gasteiger partial charge in [0.25, 0.3) is 0 Å². The van der Waals surface area contributed by atoms with Crippen molar-refractivity contribution < 1.29 is 9.53 Å². The fourth-order valence-electron chi connectivity index (χ4n) is 2.08. The van der Waals surface area contributed by atoms with Gasteiger partial charge in [0, 0.05) is 7.05 Å². The summed E-state index contributed by atoms with van der Waals surface area (Å²) in [5, 5.41) is 4.45. The molecule has 0 N–H and O–H groups in total. The first-order chi connectivity index (χ1) is 9.49. The molecule has 7 heteroatoms. The monoisotopic (exact) mass is 340 g/mol. The second kappa shape index (κ2) is 5.78. The van der Waals surface area contributed by atoms with Crippen molar-refractivity contribution in [1.29, 1.82) is 0 Å². The van der Waals surface area contributed by atoms with E-state index < -0.39 is 0 Å². The van der Waals surface area contributed by atoms with E-state index in [0.29, 0.717) is 12.2 Å². The predicted octanol–water partition coefficient (Wildman–Crippen LogP) is 2.08. The maximum absolute atomic E-state index is 11.8. The number of esters is 1. The number of halogens is 1. The molecule has 2 aromatic heterocycles. The molecule has 20 heavy (non-hydrogen) atoms. The summed E-state index contributed by atoms with van der Waals surface area (Å²) in [4.78, 5) is 15.9. The number of aromatic nitrogens is 4. The van der Waals surface area contributed by atoms with E-state index >= 15 is 0 Å². The summed E-state index contributed by atoms with van der Waals surface area (Å²) in [5.41, 5.74) is 2.43. The molecule has 0 aliphatic rings. The number of ether oxygens (including phenoxy) is 1. The van der Waals surface area contributed by atoms with E-state index in [1.807, 2.05) is 23.2 Å². The van der Waals surface area contributed by atoms with E-state index in [1.54, 1.807) is 0 Å². The first-order valence-corrected chi connectivity index (χ1v) is 7.09. The number of carbonyl (C=O) groups excluding carboxylic acids is 1. The van der Waals surface area contributed by atoms with E-state index in [9.17, 15) is 4.79 Å². The second-order valence-electron chi connectivity index (χ2n) is 4.45. The Balaban J connectivity index is 2.43. The summed E-state index contributed by atoms with van der Waals surface area (Å²) in [6.45, 7) is 4.43. The zero-order valence-electron chi connectivity index (χ0n) is 12.0. The van der Waals surface area contributed by atoms with E-state index in [-0.39, 0.29) is 5.97 Å². The van der Waals surface area contributed by atoms with Crippen LogP contribution in [0.25, 0.3) is 0 Å². The molecule has 0 aromatic carbocycles. The van der Waals surface area contributed by atoms with Crippen LogP contribution in [0.4, 0.5) is 0 Å². The second-order valence-corrected chi connectivity index (χ2v) is 5.25. The lowest BCUT2D eigenvalue weighted by Crippen LogP contribution is -2.14. The van der Waals surface area contributed by atoms with Crippen LogP contribution in [0.5, 0.6) is 0 Å². The van der Waals surface area contributed by atoms with Crippen LogP contribution in [0.3, 0.4) is 0 Å². The van der Waals surface area contributed by atoms with Gasteiger partial charge in [-0.15, -0.1) is 0 Å². The lowest BCUT2D eigenvalue weighted by Gasteiger charge is -2.10. The van der Waals surface area contributed by atoms with Gasteiger partial charge in [-0.1, -0.05) is 6.92 Å². The molecule has 2 aromatic rings. The van der Waals surface area contributed by atoms with Gasteiger partial charge in [-0.3, -0.25) is 4.68 Å². The van der Waals surface area contributed by atoms with Crippen molar-refractivity contribution in [2.24, 2.45) is 7.05 Å². The molecule has 0 atom stereocenters. The Morgan fingerprint density at radius 3 is 2.75 bits per heavy atom. The highest BCUT2D eigenvalue weighted by atomic mass is 79.9. The van der Waals surface area contributed by atoms with Gasteiger partial charge in [0.15, 0.2) is 0 Å². The maximum atomic E-state index is 11.8. The largest absolute Gasteiger partial charge is 0.464 e. The zero-order valence-corrected chi connectivity index (χ0v) is 13.6. The molecular weight excluding hydrogens is 324 g/mol. The summed E-state index contributed by atoms with van der Waals surface area (Å²) < 4.78 is 9.41. The summed E-state index contributed by atoms with van der Waals surface area (Å²) in [7, 11) is 3.26. The molecule has 0 aliphatic carbocycles. The van der Waals surface area contributed by atoms with Crippen LogP contribution >= 0.6 is 15.9 Å². The standard InChI is InChI=1S/C13H17BrN4O2/c1-5-9-12(14)11(17(3)16-9)7-18-8(2)15-6-10(18)13(19)20-4/h6H,5,7H2,1-4H3. The van der Waals surface area contributed by atoms with Crippen LogP contribution in [0.15, 0.2) is 10.7 Å². The summed E-state index contributed by atoms with van der Waals surface area (Å²) in [6, 6.07) is 0. The van der Waals surface area contributed by atoms with Crippen molar-refractivity contribution in [3.05, 3.63) is 33.6 Å². The molecule has 6 nitrogen and oxygen atoms in total. The highest BCUT2D eigenvalue weighted by Crippen LogP contribution is 2.23. The molecule has 108 valence electrons. The Kier molecular flexibility index (Phi) is 4.27. The van der Waals surface area contributed by atoms with Crippen molar-refractivity contribution in [2.75, 3.05) is 7.11 Å². The van der Waals surface area contributed by atoms with Crippen molar-refractivity contribution in [3.8, 4) is 0 Å². The average Bonchev–Trinajstić information content (AvgIpc) is 2.93. The Hall–Kier alpha value is -1.63. The fourth-order valence-corrected chi connectivity index (χ4v) is 2.82. The molecule has 0 spiro atoms. The Morgan fingerprint density at radius 1 is 1.50 bits per heavy atom. The molecule has 2 rings (SSSR count). The third kappa shape index (κ3) is 2.49. The maximum Gasteiger partial charge on any atom is 0.356 e. The van der Waals surface area contributed by atoms with Gasteiger partial charge in [0.2, 0.25) is 0 Å². The molecule has 2 heterocycles. The minimum Gasteiger partial charge on any atom is -0.464 e. The molecule has 0 bridgehead atoms. The first-order valence-electron chi connectivity index (χ1n) is 6.30. The Labute approximate surface area is 125 Å². The summed E-state index contributed by atoms with van der Waals surface area (Å²) in [6.07, 6.45) is 2.38. The molecule has 0 aliphatic heterocycles. The summed E-state index contributed by atoms with van der Waals surface area (Å²) in [5.74, 6) is 0.371. The summed E-state index contributed by atoms with van der Waals surface area (Å²) >= 11 is 3.58. The van der Waals surface area contributed by atoms with Gasteiger partial charge in [-0.2, -0.15) is 5.10 Å². The predicted molar refractivity (Wildman–Crippen MR) is 77.7 cm³/mol. The smallest absolute Gasteiger partial charge is 0.356 e. The number of methoxy groups -OCH3 is 1. The lowest BCUT2D eigenvalue weighted by molar-refractivity contribution is 0.0588. The molecule has 0 saturated heterocycles.